The van der Waals surface area contributed by atoms with E-state index in [-0.39, 0.29) is 0 Å². The second kappa shape index (κ2) is 5.17. The Bertz CT molecular complexity index is 497. The Balaban J connectivity index is 2.59. The van der Waals surface area contributed by atoms with Crippen molar-refractivity contribution in [2.75, 3.05) is 0 Å². The van der Waals surface area contributed by atoms with Gasteiger partial charge in [-0.2, -0.15) is 0 Å². The number of aromatic nitrogens is 2. The van der Waals surface area contributed by atoms with Crippen LogP contribution in [0.4, 0.5) is 0 Å². The van der Waals surface area contributed by atoms with Crippen molar-refractivity contribution in [1.82, 2.24) is 9.55 Å². The number of nitrogens with zero attached hydrogens (tertiary/aromatic N) is 2. The number of hydrogen-bond acceptors (Lipinski definition) is 1. The number of hydrogen-bond donors (Lipinski definition) is 0. The predicted octanol–water partition coefficient (Wildman–Crippen LogP) is 3.69. The second-order valence-corrected chi connectivity index (χ2v) is 4.22. The molecule has 0 bridgehead atoms. The van der Waals surface area contributed by atoms with E-state index >= 15 is 0 Å². The van der Waals surface area contributed by atoms with Gasteiger partial charge in [0.25, 0.3) is 0 Å². The van der Waals surface area contributed by atoms with Crippen LogP contribution in [0.5, 0.6) is 0 Å². The molecule has 0 saturated heterocycles. The highest BCUT2D eigenvalue weighted by Gasteiger charge is 2.10. The number of aryl methyl sites for hydroxylation is 2. The van der Waals surface area contributed by atoms with E-state index in [0.717, 1.165) is 19.4 Å². The van der Waals surface area contributed by atoms with E-state index in [1.165, 1.54) is 22.4 Å². The lowest BCUT2D eigenvalue weighted by Crippen LogP contribution is -2.00. The molecule has 2 nitrogen and oxygen atoms in total. The molecule has 0 aliphatic rings. The van der Waals surface area contributed by atoms with Gasteiger partial charge in [-0.05, 0) is 30.9 Å². The summed E-state index contributed by atoms with van der Waals surface area (Å²) in [5, 5.41) is 0. The number of rotatable bonds is 4. The van der Waals surface area contributed by atoms with Gasteiger partial charge in [-0.1, -0.05) is 32.0 Å². The Morgan fingerprint density at radius 3 is 2.59 bits per heavy atom. The Morgan fingerprint density at radius 2 is 1.94 bits per heavy atom. The lowest BCUT2D eigenvalue weighted by atomic mass is 9.95. The first-order valence-electron chi connectivity index (χ1n) is 6.43. The zero-order valence-electron chi connectivity index (χ0n) is 10.9. The molecule has 2 rings (SSSR count). The minimum absolute atomic E-state index is 0.967. The summed E-state index contributed by atoms with van der Waals surface area (Å²) in [6, 6.07) is 6.59. The van der Waals surface area contributed by atoms with E-state index in [1.54, 1.807) is 0 Å². The maximum absolute atomic E-state index is 4.26. The minimum Gasteiger partial charge on any atom is -0.331 e. The molecule has 0 unspecified atom stereocenters. The summed E-state index contributed by atoms with van der Waals surface area (Å²) >= 11 is 0. The average Bonchev–Trinajstić information content (AvgIpc) is 2.85. The standard InChI is InChI=1S/C15H20N2/c1-4-12-8-7-9-14(13(12)5-2)15-10-16-11-17(15)6-3/h7-11H,4-6H2,1-3H3. The third-order valence-electron chi connectivity index (χ3n) is 3.34. The fourth-order valence-electron chi connectivity index (χ4n) is 2.42. The third-order valence-corrected chi connectivity index (χ3v) is 3.34. The Labute approximate surface area is 103 Å². The molecule has 2 heteroatoms. The molecule has 0 aliphatic carbocycles. The van der Waals surface area contributed by atoms with E-state index in [2.05, 4.69) is 48.5 Å². The maximum Gasteiger partial charge on any atom is 0.0950 e. The highest BCUT2D eigenvalue weighted by Crippen LogP contribution is 2.27. The number of imidazole rings is 1. The van der Waals surface area contributed by atoms with Crippen LogP contribution in [0.3, 0.4) is 0 Å². The molecule has 0 aliphatic heterocycles. The summed E-state index contributed by atoms with van der Waals surface area (Å²) in [4.78, 5) is 4.26. The van der Waals surface area contributed by atoms with Crippen LogP contribution in [0.2, 0.25) is 0 Å². The Hall–Kier alpha value is -1.57. The van der Waals surface area contributed by atoms with Crippen LogP contribution >= 0.6 is 0 Å². The molecule has 0 saturated carbocycles. The van der Waals surface area contributed by atoms with Crippen molar-refractivity contribution in [2.45, 2.75) is 40.2 Å². The Kier molecular flexibility index (Phi) is 3.62. The van der Waals surface area contributed by atoms with E-state index in [4.69, 9.17) is 0 Å². The first-order valence-corrected chi connectivity index (χ1v) is 6.43. The lowest BCUT2D eigenvalue weighted by molar-refractivity contribution is 0.767. The zero-order valence-corrected chi connectivity index (χ0v) is 10.9. The first kappa shape index (κ1) is 11.9. The fraction of sp³-hybridized carbons (Fsp3) is 0.400. The van der Waals surface area contributed by atoms with Gasteiger partial charge < -0.3 is 4.57 Å². The van der Waals surface area contributed by atoms with E-state index < -0.39 is 0 Å². The normalized spacial score (nSPS) is 10.8. The van der Waals surface area contributed by atoms with Crippen molar-refractivity contribution < 1.29 is 0 Å². The van der Waals surface area contributed by atoms with Crippen LogP contribution in [-0.2, 0) is 19.4 Å². The van der Waals surface area contributed by atoms with Crippen molar-refractivity contribution in [3.05, 3.63) is 41.9 Å². The SMILES string of the molecule is CCc1cccc(-c2cncn2CC)c1CC. The summed E-state index contributed by atoms with van der Waals surface area (Å²) < 4.78 is 2.20. The van der Waals surface area contributed by atoms with Crippen LogP contribution in [0.15, 0.2) is 30.7 Å². The molecule has 1 aromatic carbocycles. The van der Waals surface area contributed by atoms with Gasteiger partial charge in [0.05, 0.1) is 18.2 Å². The van der Waals surface area contributed by atoms with Crippen molar-refractivity contribution in [2.24, 2.45) is 0 Å². The van der Waals surface area contributed by atoms with E-state index in [0.29, 0.717) is 0 Å². The van der Waals surface area contributed by atoms with Gasteiger partial charge in [0.2, 0.25) is 0 Å². The molecule has 17 heavy (non-hydrogen) atoms. The maximum atomic E-state index is 4.26. The van der Waals surface area contributed by atoms with Gasteiger partial charge in [0, 0.05) is 12.1 Å². The highest BCUT2D eigenvalue weighted by molar-refractivity contribution is 5.65. The lowest BCUT2D eigenvalue weighted by Gasteiger charge is -2.13. The average molecular weight is 228 g/mol. The first-order chi connectivity index (χ1) is 8.31. The van der Waals surface area contributed by atoms with Gasteiger partial charge in [0.15, 0.2) is 0 Å². The monoisotopic (exact) mass is 228 g/mol. The smallest absolute Gasteiger partial charge is 0.0950 e. The topological polar surface area (TPSA) is 17.8 Å². The molecule has 0 spiro atoms. The summed E-state index contributed by atoms with van der Waals surface area (Å²) in [6.07, 6.45) is 6.05. The van der Waals surface area contributed by atoms with Gasteiger partial charge in [-0.15, -0.1) is 0 Å². The van der Waals surface area contributed by atoms with Crippen molar-refractivity contribution in [3.63, 3.8) is 0 Å². The largest absolute Gasteiger partial charge is 0.331 e. The van der Waals surface area contributed by atoms with Crippen LogP contribution in [0, 0.1) is 0 Å². The van der Waals surface area contributed by atoms with Crippen LogP contribution in [0.1, 0.15) is 31.9 Å². The molecule has 1 heterocycles. The molecule has 0 radical (unpaired) electrons. The molecular formula is C15H20N2. The summed E-state index contributed by atoms with van der Waals surface area (Å²) in [7, 11) is 0. The molecule has 0 fully saturated rings. The molecule has 1 aromatic heterocycles. The third kappa shape index (κ3) is 2.12. The van der Waals surface area contributed by atoms with Crippen molar-refractivity contribution >= 4 is 0 Å². The molecule has 0 atom stereocenters. The van der Waals surface area contributed by atoms with Gasteiger partial charge >= 0.3 is 0 Å². The highest BCUT2D eigenvalue weighted by atomic mass is 15.0. The van der Waals surface area contributed by atoms with Crippen LogP contribution < -0.4 is 0 Å². The fourth-order valence-corrected chi connectivity index (χ4v) is 2.42. The minimum atomic E-state index is 0.967. The summed E-state index contributed by atoms with van der Waals surface area (Å²) in [5.41, 5.74) is 5.49. The van der Waals surface area contributed by atoms with Crippen molar-refractivity contribution in [3.8, 4) is 11.3 Å². The van der Waals surface area contributed by atoms with Gasteiger partial charge in [0.1, 0.15) is 0 Å². The van der Waals surface area contributed by atoms with Crippen LogP contribution in [-0.4, -0.2) is 9.55 Å². The molecule has 90 valence electrons. The van der Waals surface area contributed by atoms with E-state index in [9.17, 15) is 0 Å². The van der Waals surface area contributed by atoms with Crippen LogP contribution in [0.25, 0.3) is 11.3 Å². The molecular weight excluding hydrogens is 208 g/mol. The molecule has 0 N–H and O–H groups in total. The molecule has 0 amide bonds. The quantitative estimate of drug-likeness (QED) is 0.780. The molecule has 2 aromatic rings. The Morgan fingerprint density at radius 1 is 1.12 bits per heavy atom. The predicted molar refractivity (Wildman–Crippen MR) is 72.1 cm³/mol. The second-order valence-electron chi connectivity index (χ2n) is 4.22. The zero-order chi connectivity index (χ0) is 12.3. The van der Waals surface area contributed by atoms with E-state index in [1.807, 2.05) is 12.5 Å². The number of benzene rings is 1. The van der Waals surface area contributed by atoms with Crippen molar-refractivity contribution in [1.29, 1.82) is 0 Å². The van der Waals surface area contributed by atoms with Gasteiger partial charge in [-0.25, -0.2) is 4.98 Å². The summed E-state index contributed by atoms with van der Waals surface area (Å²) in [5.74, 6) is 0. The summed E-state index contributed by atoms with van der Waals surface area (Å²) in [6.45, 7) is 7.56. The van der Waals surface area contributed by atoms with Gasteiger partial charge in [-0.3, -0.25) is 0 Å².